The average Bonchev–Trinajstić information content (AvgIpc) is 2.05. The third kappa shape index (κ3) is 2.69. The second kappa shape index (κ2) is 4.97. The molecule has 0 aliphatic heterocycles. The van der Waals surface area contributed by atoms with Crippen LogP contribution < -0.4 is 24.0 Å². The van der Waals surface area contributed by atoms with Gasteiger partial charge in [0.15, 0.2) is 0 Å². The summed E-state index contributed by atoms with van der Waals surface area (Å²) in [5, 5.41) is 10.3. The number of carboxylic acid groups (broad SMARTS) is 1. The molecule has 1 aromatic rings. The number of pyridine rings is 1. The van der Waals surface area contributed by atoms with Gasteiger partial charge in [-0.3, -0.25) is 4.98 Å². The van der Waals surface area contributed by atoms with Gasteiger partial charge in [0.05, 0.1) is 5.97 Å². The van der Waals surface area contributed by atoms with Crippen molar-refractivity contribution in [3.05, 3.63) is 30.1 Å². The summed E-state index contributed by atoms with van der Waals surface area (Å²) in [5.41, 5.74) is 0.535. The van der Waals surface area contributed by atoms with Crippen LogP contribution >= 0.6 is 0 Å². The number of nitrogens with zero attached hydrogens (tertiary/aromatic N) is 1. The zero-order valence-corrected chi connectivity index (χ0v) is 7.15. The van der Waals surface area contributed by atoms with E-state index in [4.69, 9.17) is 0 Å². The molecule has 0 aliphatic carbocycles. The number of aliphatic carboxylic acids is 1. The maximum atomic E-state index is 10.3. The van der Waals surface area contributed by atoms with Crippen molar-refractivity contribution < 1.29 is 28.8 Å². The molecule has 0 saturated carbocycles. The van der Waals surface area contributed by atoms with E-state index in [0.29, 0.717) is 5.69 Å². The summed E-state index contributed by atoms with van der Waals surface area (Å²) in [7, 11) is 0. The fraction of sp³-hybridized carbons (Fsp3) is 0.250. The van der Waals surface area contributed by atoms with Crippen molar-refractivity contribution in [1.29, 1.82) is 0 Å². The number of carbonyl (C=O) groups is 1. The second-order valence-corrected chi connectivity index (χ2v) is 2.30. The topological polar surface area (TPSA) is 53.0 Å². The number of carboxylic acids is 1. The van der Waals surface area contributed by atoms with Crippen molar-refractivity contribution in [2.24, 2.45) is 0 Å². The van der Waals surface area contributed by atoms with Crippen LogP contribution in [0.4, 0.5) is 0 Å². The van der Waals surface area contributed by atoms with Crippen LogP contribution in [0.15, 0.2) is 24.4 Å². The van der Waals surface area contributed by atoms with Gasteiger partial charge < -0.3 is 9.90 Å². The van der Waals surface area contributed by atoms with E-state index in [9.17, 15) is 9.90 Å². The van der Waals surface area contributed by atoms with E-state index in [0.717, 1.165) is 0 Å². The predicted octanol–water partition coefficient (Wildman–Crippen LogP) is -3.06. The number of aromatic nitrogens is 1. The molecule has 0 spiro atoms. The van der Waals surface area contributed by atoms with Crippen LogP contribution in [0.5, 0.6) is 0 Å². The first-order valence-electron chi connectivity index (χ1n) is 3.33. The smallest absolute Gasteiger partial charge is 0.549 e. The molecule has 12 heavy (non-hydrogen) atoms. The van der Waals surface area contributed by atoms with E-state index in [1.807, 2.05) is 0 Å². The van der Waals surface area contributed by atoms with Gasteiger partial charge in [-0.25, -0.2) is 0 Å². The van der Waals surface area contributed by atoms with E-state index in [1.165, 1.54) is 0 Å². The standard InChI is InChI=1S/C8H9NO2.Li/c1-6(8(10)11)7-4-2-3-5-9-7;/h2-6H,1H3,(H,10,11);/q;+1/p-1. The average molecular weight is 157 g/mol. The SMILES string of the molecule is CC(C(=O)[O-])c1ccccn1.[Li+]. The van der Waals surface area contributed by atoms with Crippen molar-refractivity contribution in [3.8, 4) is 0 Å². The molecule has 1 atom stereocenters. The zero-order chi connectivity index (χ0) is 8.27. The minimum atomic E-state index is -1.09. The van der Waals surface area contributed by atoms with Crippen LogP contribution in [0, 0.1) is 0 Å². The van der Waals surface area contributed by atoms with E-state index in [-0.39, 0.29) is 18.9 Å². The zero-order valence-electron chi connectivity index (χ0n) is 7.15. The van der Waals surface area contributed by atoms with Gasteiger partial charge in [-0.2, -0.15) is 0 Å². The molecule has 58 valence electrons. The van der Waals surface area contributed by atoms with Gasteiger partial charge in [-0.15, -0.1) is 0 Å². The molecule has 0 fully saturated rings. The van der Waals surface area contributed by atoms with Gasteiger partial charge in [0, 0.05) is 17.8 Å². The van der Waals surface area contributed by atoms with Crippen molar-refractivity contribution in [2.45, 2.75) is 12.8 Å². The number of carbonyl (C=O) groups excluding carboxylic acids is 1. The molecule has 0 radical (unpaired) electrons. The summed E-state index contributed by atoms with van der Waals surface area (Å²) in [5.74, 6) is -1.72. The van der Waals surface area contributed by atoms with Crippen LogP contribution in [0.3, 0.4) is 0 Å². The second-order valence-electron chi connectivity index (χ2n) is 2.30. The minimum absolute atomic E-state index is 0. The summed E-state index contributed by atoms with van der Waals surface area (Å²) < 4.78 is 0. The van der Waals surface area contributed by atoms with Crippen LogP contribution in [0.1, 0.15) is 18.5 Å². The molecular formula is C8H8LiNO2. The number of hydrogen-bond donors (Lipinski definition) is 0. The monoisotopic (exact) mass is 157 g/mol. The Morgan fingerprint density at radius 3 is 2.67 bits per heavy atom. The molecule has 4 heteroatoms. The molecule has 3 nitrogen and oxygen atoms in total. The molecule has 1 heterocycles. The predicted molar refractivity (Wildman–Crippen MR) is 37.7 cm³/mol. The fourth-order valence-electron chi connectivity index (χ4n) is 0.753. The first-order valence-corrected chi connectivity index (χ1v) is 3.33. The summed E-state index contributed by atoms with van der Waals surface area (Å²) in [6.07, 6.45) is 1.56. The van der Waals surface area contributed by atoms with Crippen molar-refractivity contribution >= 4 is 5.97 Å². The Morgan fingerprint density at radius 2 is 2.25 bits per heavy atom. The first-order chi connectivity index (χ1) is 5.22. The van der Waals surface area contributed by atoms with E-state index in [1.54, 1.807) is 31.3 Å². The van der Waals surface area contributed by atoms with Gasteiger partial charge in [-0.1, -0.05) is 13.0 Å². The van der Waals surface area contributed by atoms with Gasteiger partial charge in [0.2, 0.25) is 0 Å². The molecule has 1 aromatic heterocycles. The minimum Gasteiger partial charge on any atom is -0.549 e. The van der Waals surface area contributed by atoms with Gasteiger partial charge in [0.1, 0.15) is 0 Å². The van der Waals surface area contributed by atoms with Gasteiger partial charge in [-0.05, 0) is 12.1 Å². The third-order valence-electron chi connectivity index (χ3n) is 1.48. The Morgan fingerprint density at radius 1 is 1.58 bits per heavy atom. The van der Waals surface area contributed by atoms with Gasteiger partial charge >= 0.3 is 18.9 Å². The maximum Gasteiger partial charge on any atom is 1.00 e. The van der Waals surface area contributed by atoms with Crippen LogP contribution in [-0.4, -0.2) is 11.0 Å². The van der Waals surface area contributed by atoms with Crippen molar-refractivity contribution in [1.82, 2.24) is 4.98 Å². The molecule has 1 rings (SSSR count). The Hall–Kier alpha value is -0.783. The van der Waals surface area contributed by atoms with E-state index >= 15 is 0 Å². The summed E-state index contributed by atoms with van der Waals surface area (Å²) in [6.45, 7) is 1.55. The van der Waals surface area contributed by atoms with E-state index < -0.39 is 11.9 Å². The normalized spacial score (nSPS) is 11.4. The largest absolute Gasteiger partial charge is 1.00 e. The Bertz CT molecular complexity index is 250. The van der Waals surface area contributed by atoms with Crippen molar-refractivity contribution in [3.63, 3.8) is 0 Å². The summed E-state index contributed by atoms with van der Waals surface area (Å²) in [4.78, 5) is 14.2. The third-order valence-corrected chi connectivity index (χ3v) is 1.48. The summed E-state index contributed by atoms with van der Waals surface area (Å²) >= 11 is 0. The number of rotatable bonds is 2. The molecular weight excluding hydrogens is 149 g/mol. The number of hydrogen-bond acceptors (Lipinski definition) is 3. The van der Waals surface area contributed by atoms with E-state index in [2.05, 4.69) is 4.98 Å². The Balaban J connectivity index is 0.00000121. The molecule has 0 N–H and O–H groups in total. The quantitative estimate of drug-likeness (QED) is 0.428. The summed E-state index contributed by atoms with van der Waals surface area (Å²) in [6, 6.07) is 5.16. The Kier molecular flexibility index (Phi) is 4.64. The molecule has 1 unspecified atom stereocenters. The fourth-order valence-corrected chi connectivity index (χ4v) is 0.753. The van der Waals surface area contributed by atoms with Crippen LogP contribution in [0.25, 0.3) is 0 Å². The molecule has 0 aromatic carbocycles. The van der Waals surface area contributed by atoms with Crippen LogP contribution in [0.2, 0.25) is 0 Å². The Labute approximate surface area is 83.0 Å². The van der Waals surface area contributed by atoms with Gasteiger partial charge in [0.25, 0.3) is 0 Å². The van der Waals surface area contributed by atoms with Crippen LogP contribution in [-0.2, 0) is 4.79 Å². The molecule has 0 bridgehead atoms. The first kappa shape index (κ1) is 11.2. The molecule has 0 aliphatic rings. The molecule has 0 saturated heterocycles. The van der Waals surface area contributed by atoms with Crippen molar-refractivity contribution in [2.75, 3.05) is 0 Å². The maximum absolute atomic E-state index is 10.3. The molecule has 0 amide bonds.